The smallest absolute Gasteiger partial charge is 0.323 e. The monoisotopic (exact) mass is 437 g/mol. The van der Waals surface area contributed by atoms with E-state index in [1.807, 2.05) is 25.1 Å². The van der Waals surface area contributed by atoms with E-state index in [-0.39, 0.29) is 18.0 Å². The van der Waals surface area contributed by atoms with Crippen LogP contribution in [0, 0.1) is 0 Å². The standard InChI is InChI=1S/C23H24ClN5O2/c1-15(21-14-25-9-10-26-21)27-22(30)18-11-17(16-5-7-19(24)8-6-16)12-20(13-18)29(4)23(31)28(2)3/h5-15H,1-4H3,(H,27,30). The molecule has 2 aromatic carbocycles. The van der Waals surface area contributed by atoms with Crippen LogP contribution in [0.15, 0.2) is 61.1 Å². The molecule has 1 heterocycles. The SMILES string of the molecule is CC(NC(=O)c1cc(-c2ccc(Cl)cc2)cc(N(C)C(=O)N(C)C)c1)c1cnccn1. The van der Waals surface area contributed by atoms with E-state index in [4.69, 9.17) is 11.6 Å². The summed E-state index contributed by atoms with van der Waals surface area (Å²) in [5.74, 6) is -0.277. The van der Waals surface area contributed by atoms with Crippen molar-refractivity contribution < 1.29 is 9.59 Å². The Bertz CT molecular complexity index is 1070. The van der Waals surface area contributed by atoms with Crippen molar-refractivity contribution in [2.75, 3.05) is 26.0 Å². The number of hydrogen-bond acceptors (Lipinski definition) is 4. The molecule has 1 N–H and O–H groups in total. The Balaban J connectivity index is 1.98. The molecule has 0 saturated heterocycles. The van der Waals surface area contributed by atoms with E-state index in [0.29, 0.717) is 22.0 Å². The second-order valence-corrected chi connectivity index (χ2v) is 7.77. The number of carbonyl (C=O) groups excluding carboxylic acids is 2. The number of amides is 3. The summed E-state index contributed by atoms with van der Waals surface area (Å²) in [4.78, 5) is 36.8. The predicted molar refractivity (Wildman–Crippen MR) is 122 cm³/mol. The molecular formula is C23H24ClN5O2. The minimum atomic E-state index is -0.329. The van der Waals surface area contributed by atoms with E-state index >= 15 is 0 Å². The third kappa shape index (κ3) is 5.38. The lowest BCUT2D eigenvalue weighted by Crippen LogP contribution is -2.36. The number of rotatable bonds is 5. The second kappa shape index (κ2) is 9.57. The molecule has 3 aromatic rings. The van der Waals surface area contributed by atoms with Gasteiger partial charge in [-0.15, -0.1) is 0 Å². The van der Waals surface area contributed by atoms with Gasteiger partial charge in [0.15, 0.2) is 0 Å². The van der Waals surface area contributed by atoms with E-state index < -0.39 is 0 Å². The Morgan fingerprint density at radius 1 is 1.00 bits per heavy atom. The molecule has 3 amide bonds. The third-order valence-electron chi connectivity index (χ3n) is 4.79. The van der Waals surface area contributed by atoms with E-state index in [1.54, 1.807) is 64.0 Å². The first-order chi connectivity index (χ1) is 14.8. The highest BCUT2D eigenvalue weighted by molar-refractivity contribution is 6.30. The van der Waals surface area contributed by atoms with Crippen molar-refractivity contribution in [2.24, 2.45) is 0 Å². The summed E-state index contributed by atoms with van der Waals surface area (Å²) in [5, 5.41) is 3.56. The molecule has 160 valence electrons. The predicted octanol–water partition coefficient (Wildman–Crippen LogP) is 4.41. The lowest BCUT2D eigenvalue weighted by atomic mass is 10.0. The van der Waals surface area contributed by atoms with Gasteiger partial charge in [0.2, 0.25) is 0 Å². The average molecular weight is 438 g/mol. The highest BCUT2D eigenvalue weighted by Crippen LogP contribution is 2.28. The molecule has 0 fully saturated rings. The van der Waals surface area contributed by atoms with Crippen LogP contribution in [0.5, 0.6) is 0 Å². The van der Waals surface area contributed by atoms with Crippen molar-refractivity contribution >= 4 is 29.2 Å². The van der Waals surface area contributed by atoms with Crippen molar-refractivity contribution in [1.29, 1.82) is 0 Å². The maximum atomic E-state index is 13.1. The Morgan fingerprint density at radius 2 is 1.71 bits per heavy atom. The lowest BCUT2D eigenvalue weighted by molar-refractivity contribution is 0.0939. The van der Waals surface area contributed by atoms with Crippen LogP contribution in [-0.4, -0.2) is 47.9 Å². The summed E-state index contributed by atoms with van der Waals surface area (Å²) in [7, 11) is 5.03. The molecule has 8 heteroatoms. The fourth-order valence-electron chi connectivity index (χ4n) is 3.04. The summed E-state index contributed by atoms with van der Waals surface area (Å²) < 4.78 is 0. The Morgan fingerprint density at radius 3 is 2.32 bits per heavy atom. The molecule has 31 heavy (non-hydrogen) atoms. The molecule has 1 atom stereocenters. The summed E-state index contributed by atoms with van der Waals surface area (Å²) in [6.45, 7) is 1.84. The summed E-state index contributed by atoms with van der Waals surface area (Å²) in [6, 6.07) is 12.1. The minimum absolute atomic E-state index is 0.201. The fraction of sp³-hybridized carbons (Fsp3) is 0.217. The number of nitrogens with zero attached hydrogens (tertiary/aromatic N) is 4. The van der Waals surface area contributed by atoms with Crippen LogP contribution in [0.4, 0.5) is 10.5 Å². The molecule has 0 radical (unpaired) electrons. The molecule has 1 aromatic heterocycles. The van der Waals surface area contributed by atoms with E-state index in [2.05, 4.69) is 15.3 Å². The van der Waals surface area contributed by atoms with Gasteiger partial charge in [0, 0.05) is 49.8 Å². The Labute approximate surface area is 186 Å². The van der Waals surface area contributed by atoms with E-state index in [1.165, 1.54) is 9.80 Å². The first-order valence-electron chi connectivity index (χ1n) is 9.69. The van der Waals surface area contributed by atoms with Crippen LogP contribution in [0.3, 0.4) is 0 Å². The van der Waals surface area contributed by atoms with Gasteiger partial charge in [-0.25, -0.2) is 4.79 Å². The van der Waals surface area contributed by atoms with Crippen molar-refractivity contribution in [2.45, 2.75) is 13.0 Å². The molecule has 0 spiro atoms. The summed E-state index contributed by atoms with van der Waals surface area (Å²) in [5.41, 5.74) is 3.36. The molecule has 0 aliphatic heterocycles. The number of urea groups is 1. The Hall–Kier alpha value is -3.45. The van der Waals surface area contributed by atoms with Crippen LogP contribution in [0.1, 0.15) is 29.0 Å². The Kier molecular flexibility index (Phi) is 6.87. The number of aromatic nitrogens is 2. The summed E-state index contributed by atoms with van der Waals surface area (Å²) in [6.07, 6.45) is 4.78. The van der Waals surface area contributed by atoms with Gasteiger partial charge in [0.05, 0.1) is 17.9 Å². The normalized spacial score (nSPS) is 11.5. The maximum Gasteiger partial charge on any atom is 0.323 e. The lowest BCUT2D eigenvalue weighted by Gasteiger charge is -2.23. The van der Waals surface area contributed by atoms with E-state index in [9.17, 15) is 9.59 Å². The number of benzene rings is 2. The highest BCUT2D eigenvalue weighted by atomic mass is 35.5. The van der Waals surface area contributed by atoms with Crippen LogP contribution >= 0.6 is 11.6 Å². The number of anilines is 1. The topological polar surface area (TPSA) is 78.4 Å². The zero-order valence-electron chi connectivity index (χ0n) is 17.8. The maximum absolute atomic E-state index is 13.1. The van der Waals surface area contributed by atoms with Gasteiger partial charge in [0.1, 0.15) is 0 Å². The van der Waals surface area contributed by atoms with Gasteiger partial charge >= 0.3 is 6.03 Å². The minimum Gasteiger partial charge on any atom is -0.344 e. The van der Waals surface area contributed by atoms with Crippen LogP contribution in [0.25, 0.3) is 11.1 Å². The van der Waals surface area contributed by atoms with Gasteiger partial charge in [-0.1, -0.05) is 23.7 Å². The quantitative estimate of drug-likeness (QED) is 0.641. The third-order valence-corrected chi connectivity index (χ3v) is 5.04. The largest absolute Gasteiger partial charge is 0.344 e. The van der Waals surface area contributed by atoms with Crippen molar-refractivity contribution in [1.82, 2.24) is 20.2 Å². The second-order valence-electron chi connectivity index (χ2n) is 7.34. The number of nitrogens with one attached hydrogen (secondary N) is 1. The van der Waals surface area contributed by atoms with Crippen molar-refractivity contribution in [3.05, 3.63) is 77.3 Å². The first kappa shape index (κ1) is 22.2. The molecule has 0 bridgehead atoms. The molecule has 7 nitrogen and oxygen atoms in total. The van der Waals surface area contributed by atoms with Crippen molar-refractivity contribution in [3.8, 4) is 11.1 Å². The molecule has 1 unspecified atom stereocenters. The van der Waals surface area contributed by atoms with Gasteiger partial charge < -0.3 is 10.2 Å². The number of halogens is 1. The summed E-state index contributed by atoms with van der Waals surface area (Å²) >= 11 is 6.02. The average Bonchev–Trinajstić information content (AvgIpc) is 2.78. The highest BCUT2D eigenvalue weighted by Gasteiger charge is 2.18. The number of hydrogen-bond donors (Lipinski definition) is 1. The van der Waals surface area contributed by atoms with E-state index in [0.717, 1.165) is 11.1 Å². The van der Waals surface area contributed by atoms with Crippen LogP contribution in [0.2, 0.25) is 5.02 Å². The first-order valence-corrected chi connectivity index (χ1v) is 10.1. The van der Waals surface area contributed by atoms with Gasteiger partial charge in [-0.3, -0.25) is 19.7 Å². The molecule has 0 saturated carbocycles. The molecule has 0 aliphatic carbocycles. The zero-order valence-corrected chi connectivity index (χ0v) is 18.6. The molecular weight excluding hydrogens is 414 g/mol. The molecule has 3 rings (SSSR count). The van der Waals surface area contributed by atoms with Gasteiger partial charge in [-0.2, -0.15) is 0 Å². The van der Waals surface area contributed by atoms with Gasteiger partial charge in [0.25, 0.3) is 5.91 Å². The van der Waals surface area contributed by atoms with Crippen LogP contribution in [-0.2, 0) is 0 Å². The zero-order chi connectivity index (χ0) is 22.5. The fourth-order valence-corrected chi connectivity index (χ4v) is 3.17. The number of carbonyl (C=O) groups is 2. The van der Waals surface area contributed by atoms with Gasteiger partial charge in [-0.05, 0) is 48.4 Å². The molecule has 0 aliphatic rings. The van der Waals surface area contributed by atoms with Crippen molar-refractivity contribution in [3.63, 3.8) is 0 Å². The van der Waals surface area contributed by atoms with Crippen LogP contribution < -0.4 is 10.2 Å².